The van der Waals surface area contributed by atoms with Gasteiger partial charge in [-0.1, -0.05) is 36.0 Å². The Kier molecular flexibility index (Phi) is 6.44. The Balaban J connectivity index is 1.48. The van der Waals surface area contributed by atoms with Gasteiger partial charge in [-0.05, 0) is 43.7 Å². The number of Topliss-reactive ketones (excluding diaryl/α,β-unsaturated/α-hetero) is 1. The zero-order chi connectivity index (χ0) is 19.9. The van der Waals surface area contributed by atoms with Gasteiger partial charge in [0.25, 0.3) is 11.1 Å². The fourth-order valence-corrected chi connectivity index (χ4v) is 2.93. The van der Waals surface area contributed by atoms with E-state index >= 15 is 0 Å². The fourth-order valence-electron chi connectivity index (χ4n) is 2.35. The lowest BCUT2D eigenvalue weighted by atomic mass is 10.1. The molecule has 1 heterocycles. The Hall–Kier alpha value is -3.13. The van der Waals surface area contributed by atoms with Crippen molar-refractivity contribution >= 4 is 29.1 Å². The van der Waals surface area contributed by atoms with E-state index in [1.54, 1.807) is 24.3 Å². The first-order valence-electron chi connectivity index (χ1n) is 8.55. The van der Waals surface area contributed by atoms with Crippen LogP contribution in [-0.2, 0) is 11.4 Å². The van der Waals surface area contributed by atoms with E-state index in [4.69, 9.17) is 9.15 Å². The maximum atomic E-state index is 12.1. The SMILES string of the molecule is CC(=O)c1cccc(NC(=O)CSc2nnc(COc3cccc(C)c3)o2)c1. The van der Waals surface area contributed by atoms with Gasteiger partial charge in [0.15, 0.2) is 12.4 Å². The number of rotatable bonds is 8. The Morgan fingerprint density at radius 3 is 2.75 bits per heavy atom. The molecule has 0 fully saturated rings. The molecule has 1 aromatic heterocycles. The average molecular weight is 397 g/mol. The van der Waals surface area contributed by atoms with Gasteiger partial charge >= 0.3 is 0 Å². The molecule has 3 aromatic rings. The summed E-state index contributed by atoms with van der Waals surface area (Å²) in [5.41, 5.74) is 2.20. The second-order valence-corrected chi connectivity index (χ2v) is 6.97. The van der Waals surface area contributed by atoms with Crippen LogP contribution in [0.15, 0.2) is 58.2 Å². The molecule has 0 radical (unpaired) electrons. The molecule has 1 amide bonds. The van der Waals surface area contributed by atoms with Crippen molar-refractivity contribution in [3.63, 3.8) is 0 Å². The number of benzene rings is 2. The number of ketones is 1. The smallest absolute Gasteiger partial charge is 0.277 e. The van der Waals surface area contributed by atoms with E-state index in [9.17, 15) is 9.59 Å². The van der Waals surface area contributed by atoms with E-state index in [1.165, 1.54) is 6.92 Å². The third-order valence-corrected chi connectivity index (χ3v) is 4.50. The number of anilines is 1. The predicted molar refractivity (Wildman–Crippen MR) is 106 cm³/mol. The van der Waals surface area contributed by atoms with Crippen LogP contribution in [0.1, 0.15) is 28.7 Å². The molecular weight excluding hydrogens is 378 g/mol. The molecule has 0 unspecified atom stereocenters. The summed E-state index contributed by atoms with van der Waals surface area (Å²) in [5.74, 6) is 0.862. The fraction of sp³-hybridized carbons (Fsp3) is 0.200. The number of carbonyl (C=O) groups is 2. The Morgan fingerprint density at radius 2 is 1.96 bits per heavy atom. The van der Waals surface area contributed by atoms with Crippen molar-refractivity contribution in [2.75, 3.05) is 11.1 Å². The van der Waals surface area contributed by atoms with Crippen LogP contribution in [0.4, 0.5) is 5.69 Å². The number of thioether (sulfide) groups is 1. The van der Waals surface area contributed by atoms with Crippen molar-refractivity contribution in [2.24, 2.45) is 0 Å². The molecule has 1 N–H and O–H groups in total. The minimum absolute atomic E-state index is 0.0586. The van der Waals surface area contributed by atoms with Crippen LogP contribution >= 0.6 is 11.8 Å². The highest BCUT2D eigenvalue weighted by atomic mass is 32.2. The first-order valence-corrected chi connectivity index (χ1v) is 9.53. The maximum absolute atomic E-state index is 12.1. The molecule has 0 aliphatic heterocycles. The van der Waals surface area contributed by atoms with Crippen LogP contribution in [-0.4, -0.2) is 27.6 Å². The van der Waals surface area contributed by atoms with Crippen molar-refractivity contribution in [3.05, 3.63) is 65.5 Å². The van der Waals surface area contributed by atoms with Crippen molar-refractivity contribution in [1.82, 2.24) is 10.2 Å². The third kappa shape index (κ3) is 5.68. The van der Waals surface area contributed by atoms with Crippen LogP contribution in [0.3, 0.4) is 0 Å². The summed E-state index contributed by atoms with van der Waals surface area (Å²) in [7, 11) is 0. The molecular formula is C20H19N3O4S. The summed E-state index contributed by atoms with van der Waals surface area (Å²) in [6.45, 7) is 3.61. The molecule has 8 heteroatoms. The molecule has 0 aliphatic rings. The third-order valence-electron chi connectivity index (χ3n) is 3.68. The number of amides is 1. The second kappa shape index (κ2) is 9.18. The van der Waals surface area contributed by atoms with Crippen molar-refractivity contribution < 1.29 is 18.7 Å². The summed E-state index contributed by atoms with van der Waals surface area (Å²) >= 11 is 1.13. The monoisotopic (exact) mass is 397 g/mol. The van der Waals surface area contributed by atoms with Crippen LogP contribution < -0.4 is 10.1 Å². The molecule has 0 spiro atoms. The quantitative estimate of drug-likeness (QED) is 0.455. The molecule has 28 heavy (non-hydrogen) atoms. The Labute approximate surface area is 166 Å². The largest absolute Gasteiger partial charge is 0.484 e. The van der Waals surface area contributed by atoms with Crippen molar-refractivity contribution in [3.8, 4) is 5.75 Å². The van der Waals surface area contributed by atoms with E-state index in [1.807, 2.05) is 31.2 Å². The minimum Gasteiger partial charge on any atom is -0.484 e. The van der Waals surface area contributed by atoms with Gasteiger partial charge in [-0.3, -0.25) is 9.59 Å². The standard InChI is InChI=1S/C20H19N3O4S/c1-13-5-3-8-17(9-13)26-11-19-22-23-20(27-19)28-12-18(25)21-16-7-4-6-15(10-16)14(2)24/h3-10H,11-12H2,1-2H3,(H,21,25). The number of carbonyl (C=O) groups excluding carboxylic acids is 2. The van der Waals surface area contributed by atoms with Gasteiger partial charge in [-0.15, -0.1) is 10.2 Å². The highest BCUT2D eigenvalue weighted by molar-refractivity contribution is 7.99. The molecule has 3 rings (SSSR count). The van der Waals surface area contributed by atoms with Crippen molar-refractivity contribution in [1.29, 1.82) is 0 Å². The van der Waals surface area contributed by atoms with Crippen LogP contribution in [0, 0.1) is 6.92 Å². The van der Waals surface area contributed by atoms with Gasteiger partial charge in [0.2, 0.25) is 5.91 Å². The first kappa shape index (κ1) is 19.6. The molecule has 144 valence electrons. The second-order valence-electron chi connectivity index (χ2n) is 6.04. The minimum atomic E-state index is -0.235. The lowest BCUT2D eigenvalue weighted by Crippen LogP contribution is -2.14. The number of aryl methyl sites for hydroxylation is 1. The maximum Gasteiger partial charge on any atom is 0.277 e. The number of hydrogen-bond donors (Lipinski definition) is 1. The number of hydrogen-bond acceptors (Lipinski definition) is 7. The molecule has 0 aliphatic carbocycles. The normalized spacial score (nSPS) is 10.5. The molecule has 0 saturated carbocycles. The molecule has 0 bridgehead atoms. The number of ether oxygens (including phenoxy) is 1. The van der Waals surface area contributed by atoms with Crippen LogP contribution in [0.2, 0.25) is 0 Å². The van der Waals surface area contributed by atoms with Gasteiger partial charge in [0.1, 0.15) is 5.75 Å². The van der Waals surface area contributed by atoms with E-state index in [-0.39, 0.29) is 29.3 Å². The molecule has 0 saturated heterocycles. The Morgan fingerprint density at radius 1 is 1.14 bits per heavy atom. The van der Waals surface area contributed by atoms with Gasteiger partial charge in [-0.25, -0.2) is 0 Å². The number of nitrogens with one attached hydrogen (secondary N) is 1. The molecule has 2 aromatic carbocycles. The summed E-state index contributed by atoms with van der Waals surface area (Å²) in [4.78, 5) is 23.5. The van der Waals surface area contributed by atoms with Crippen molar-refractivity contribution in [2.45, 2.75) is 25.7 Å². The summed E-state index contributed by atoms with van der Waals surface area (Å²) < 4.78 is 11.1. The van der Waals surface area contributed by atoms with E-state index in [0.717, 1.165) is 23.1 Å². The lowest BCUT2D eigenvalue weighted by Gasteiger charge is -2.05. The van der Waals surface area contributed by atoms with Crippen LogP contribution in [0.25, 0.3) is 0 Å². The molecule has 7 nitrogen and oxygen atoms in total. The van der Waals surface area contributed by atoms with Gasteiger partial charge < -0.3 is 14.5 Å². The summed E-state index contributed by atoms with van der Waals surface area (Å²) in [6, 6.07) is 14.4. The van der Waals surface area contributed by atoms with Gasteiger partial charge in [0.05, 0.1) is 5.75 Å². The van der Waals surface area contributed by atoms with Crippen LogP contribution in [0.5, 0.6) is 5.75 Å². The predicted octanol–water partition coefficient (Wildman–Crippen LogP) is 3.89. The first-order chi connectivity index (χ1) is 13.5. The summed E-state index contributed by atoms with van der Waals surface area (Å²) in [5, 5.41) is 10.8. The van der Waals surface area contributed by atoms with E-state index < -0.39 is 0 Å². The average Bonchev–Trinajstić information content (AvgIpc) is 3.13. The Bertz CT molecular complexity index is 987. The highest BCUT2D eigenvalue weighted by Crippen LogP contribution is 2.19. The number of nitrogens with zero attached hydrogens (tertiary/aromatic N) is 2. The van der Waals surface area contributed by atoms with Gasteiger partial charge in [-0.2, -0.15) is 0 Å². The summed E-state index contributed by atoms with van der Waals surface area (Å²) in [6.07, 6.45) is 0. The van der Waals surface area contributed by atoms with E-state index in [0.29, 0.717) is 17.1 Å². The van der Waals surface area contributed by atoms with Gasteiger partial charge in [0, 0.05) is 11.3 Å². The number of aromatic nitrogens is 2. The zero-order valence-electron chi connectivity index (χ0n) is 15.5. The zero-order valence-corrected chi connectivity index (χ0v) is 16.3. The molecule has 0 atom stereocenters. The highest BCUT2D eigenvalue weighted by Gasteiger charge is 2.11. The lowest BCUT2D eigenvalue weighted by molar-refractivity contribution is -0.113. The van der Waals surface area contributed by atoms with E-state index in [2.05, 4.69) is 15.5 Å². The topological polar surface area (TPSA) is 94.3 Å².